The second kappa shape index (κ2) is 5.94. The van der Waals surface area contributed by atoms with Crippen LogP contribution in [0.4, 0.5) is 4.39 Å². The van der Waals surface area contributed by atoms with E-state index in [9.17, 15) is 4.39 Å². The first kappa shape index (κ1) is 13.0. The first-order valence-electron chi connectivity index (χ1n) is 6.31. The van der Waals surface area contributed by atoms with Crippen LogP contribution in [-0.4, -0.2) is 31.1 Å². The molecule has 0 saturated carbocycles. The molecular weight excluding hydrogens is 229 g/mol. The largest absolute Gasteiger partial charge is 0.318 e. The molecule has 1 heterocycles. The number of hydrogen-bond donors (Lipinski definition) is 1. The van der Waals surface area contributed by atoms with Crippen LogP contribution < -0.4 is 5.32 Å². The third kappa shape index (κ3) is 3.06. The Morgan fingerprint density at radius 2 is 2.33 bits per heavy atom. The number of nitrogens with zero attached hydrogens (tertiary/aromatic N) is 2. The Morgan fingerprint density at radius 1 is 1.50 bits per heavy atom. The molecule has 1 aromatic carbocycles. The smallest absolute Gasteiger partial charge is 0.124 e. The first-order valence-corrected chi connectivity index (χ1v) is 6.31. The number of hydrogen-bond acceptors (Lipinski definition) is 3. The zero-order valence-electron chi connectivity index (χ0n) is 10.6. The highest BCUT2D eigenvalue weighted by molar-refractivity contribution is 5.33. The third-order valence-electron chi connectivity index (χ3n) is 3.41. The fourth-order valence-corrected chi connectivity index (χ4v) is 2.61. The topological polar surface area (TPSA) is 39.1 Å². The van der Waals surface area contributed by atoms with Crippen LogP contribution in [-0.2, 0) is 6.54 Å². The average molecular weight is 247 g/mol. The Balaban J connectivity index is 2.09. The summed E-state index contributed by atoms with van der Waals surface area (Å²) in [7, 11) is 1.95. The molecule has 1 fully saturated rings. The highest BCUT2D eigenvalue weighted by atomic mass is 19.1. The monoisotopic (exact) mass is 247 g/mol. The van der Waals surface area contributed by atoms with Crippen molar-refractivity contribution in [2.45, 2.75) is 25.4 Å². The van der Waals surface area contributed by atoms with Gasteiger partial charge in [0, 0.05) is 19.1 Å². The van der Waals surface area contributed by atoms with E-state index in [4.69, 9.17) is 5.26 Å². The number of likely N-dealkylation sites (tertiary alicyclic amines) is 1. The van der Waals surface area contributed by atoms with Gasteiger partial charge in [-0.05, 0) is 50.2 Å². The zero-order valence-corrected chi connectivity index (χ0v) is 10.6. The van der Waals surface area contributed by atoms with Crippen molar-refractivity contribution in [2.24, 2.45) is 0 Å². The van der Waals surface area contributed by atoms with Gasteiger partial charge >= 0.3 is 0 Å². The average Bonchev–Trinajstić information content (AvgIpc) is 2.76. The lowest BCUT2D eigenvalue weighted by Crippen LogP contribution is -2.36. The lowest BCUT2D eigenvalue weighted by molar-refractivity contribution is 0.242. The zero-order chi connectivity index (χ0) is 13.0. The fourth-order valence-electron chi connectivity index (χ4n) is 2.61. The molecule has 0 aromatic heterocycles. The van der Waals surface area contributed by atoms with E-state index >= 15 is 0 Å². The number of halogens is 1. The van der Waals surface area contributed by atoms with Crippen molar-refractivity contribution in [3.05, 3.63) is 35.1 Å². The molecule has 0 aliphatic carbocycles. The minimum atomic E-state index is -0.326. The summed E-state index contributed by atoms with van der Waals surface area (Å²) in [5, 5.41) is 12.0. The van der Waals surface area contributed by atoms with Crippen LogP contribution in [0.2, 0.25) is 0 Å². The quantitative estimate of drug-likeness (QED) is 0.883. The van der Waals surface area contributed by atoms with Crippen molar-refractivity contribution >= 4 is 0 Å². The Morgan fingerprint density at radius 3 is 3.06 bits per heavy atom. The molecule has 0 radical (unpaired) electrons. The lowest BCUT2D eigenvalue weighted by Gasteiger charge is -2.24. The van der Waals surface area contributed by atoms with E-state index in [1.54, 1.807) is 6.07 Å². The molecule has 1 unspecified atom stereocenters. The van der Waals surface area contributed by atoms with Crippen LogP contribution in [0.15, 0.2) is 18.2 Å². The van der Waals surface area contributed by atoms with Crippen LogP contribution in [0.3, 0.4) is 0 Å². The molecule has 1 aliphatic heterocycles. The van der Waals surface area contributed by atoms with Gasteiger partial charge < -0.3 is 5.32 Å². The molecule has 0 bridgehead atoms. The summed E-state index contributed by atoms with van der Waals surface area (Å²) in [6.45, 7) is 2.73. The van der Waals surface area contributed by atoms with Crippen molar-refractivity contribution in [2.75, 3.05) is 20.1 Å². The van der Waals surface area contributed by atoms with Crippen LogP contribution in [0.5, 0.6) is 0 Å². The molecule has 0 amide bonds. The minimum absolute atomic E-state index is 0.326. The van der Waals surface area contributed by atoms with Gasteiger partial charge in [0.15, 0.2) is 0 Å². The summed E-state index contributed by atoms with van der Waals surface area (Å²) in [6, 6.07) is 7.09. The highest BCUT2D eigenvalue weighted by Crippen LogP contribution is 2.20. The third-order valence-corrected chi connectivity index (χ3v) is 3.41. The van der Waals surface area contributed by atoms with E-state index in [0.717, 1.165) is 25.2 Å². The highest BCUT2D eigenvalue weighted by Gasteiger charge is 2.23. The molecule has 3 nitrogen and oxygen atoms in total. The number of nitrogens with one attached hydrogen (secondary N) is 1. The summed E-state index contributed by atoms with van der Waals surface area (Å²) in [5.74, 6) is -0.326. The summed E-state index contributed by atoms with van der Waals surface area (Å²) in [6.07, 6.45) is 2.37. The van der Waals surface area contributed by atoms with Gasteiger partial charge in [-0.15, -0.1) is 0 Å². The standard InChI is InChI=1S/C14H18FN3/c1-17-9-14-3-2-4-18(14)10-12-5-11(8-16)6-13(15)7-12/h5-7,14,17H,2-4,9-10H2,1H3. The summed E-state index contributed by atoms with van der Waals surface area (Å²) < 4.78 is 13.4. The second-order valence-electron chi connectivity index (χ2n) is 4.78. The minimum Gasteiger partial charge on any atom is -0.318 e. The summed E-state index contributed by atoms with van der Waals surface area (Å²) in [4.78, 5) is 2.35. The van der Waals surface area contributed by atoms with Gasteiger partial charge in [-0.2, -0.15) is 5.26 Å². The molecule has 96 valence electrons. The van der Waals surface area contributed by atoms with Crippen molar-refractivity contribution < 1.29 is 4.39 Å². The molecule has 18 heavy (non-hydrogen) atoms. The molecular formula is C14H18FN3. The Labute approximate surface area is 107 Å². The summed E-state index contributed by atoms with van der Waals surface area (Å²) >= 11 is 0. The summed E-state index contributed by atoms with van der Waals surface area (Å²) in [5.41, 5.74) is 1.28. The van der Waals surface area contributed by atoms with E-state index in [0.29, 0.717) is 11.6 Å². The number of benzene rings is 1. The van der Waals surface area contributed by atoms with Gasteiger partial charge in [0.25, 0.3) is 0 Å². The van der Waals surface area contributed by atoms with Gasteiger partial charge in [0.05, 0.1) is 11.6 Å². The molecule has 1 N–H and O–H groups in total. The fraction of sp³-hybridized carbons (Fsp3) is 0.500. The maximum absolute atomic E-state index is 13.4. The predicted molar refractivity (Wildman–Crippen MR) is 68.5 cm³/mol. The maximum Gasteiger partial charge on any atom is 0.124 e. The molecule has 1 saturated heterocycles. The van der Waals surface area contributed by atoms with Crippen LogP contribution in [0.1, 0.15) is 24.0 Å². The Bertz CT molecular complexity index is 453. The molecule has 0 spiro atoms. The van der Waals surface area contributed by atoms with Crippen molar-refractivity contribution in [1.82, 2.24) is 10.2 Å². The molecule has 4 heteroatoms. The first-order chi connectivity index (χ1) is 8.72. The Hall–Kier alpha value is -1.44. The molecule has 1 aromatic rings. The van der Waals surface area contributed by atoms with Gasteiger partial charge in [-0.1, -0.05) is 0 Å². The lowest BCUT2D eigenvalue weighted by atomic mass is 10.1. The number of rotatable bonds is 4. The van der Waals surface area contributed by atoms with E-state index in [2.05, 4.69) is 10.2 Å². The molecule has 1 aliphatic rings. The van der Waals surface area contributed by atoms with Crippen LogP contribution in [0.25, 0.3) is 0 Å². The van der Waals surface area contributed by atoms with Crippen LogP contribution >= 0.6 is 0 Å². The van der Waals surface area contributed by atoms with Gasteiger partial charge in [-0.25, -0.2) is 4.39 Å². The van der Waals surface area contributed by atoms with Crippen molar-refractivity contribution in [1.29, 1.82) is 5.26 Å². The van der Waals surface area contributed by atoms with Crippen LogP contribution in [0, 0.1) is 17.1 Å². The van der Waals surface area contributed by atoms with Gasteiger partial charge in [0.2, 0.25) is 0 Å². The van der Waals surface area contributed by atoms with E-state index < -0.39 is 0 Å². The molecule has 2 rings (SSSR count). The second-order valence-corrected chi connectivity index (χ2v) is 4.78. The van der Waals surface area contributed by atoms with E-state index in [1.807, 2.05) is 13.1 Å². The van der Waals surface area contributed by atoms with E-state index in [-0.39, 0.29) is 5.82 Å². The number of likely N-dealkylation sites (N-methyl/N-ethyl adjacent to an activating group) is 1. The Kier molecular flexibility index (Phi) is 4.29. The van der Waals surface area contributed by atoms with E-state index in [1.165, 1.54) is 25.0 Å². The maximum atomic E-state index is 13.4. The normalized spacial score (nSPS) is 19.9. The molecule has 1 atom stereocenters. The van der Waals surface area contributed by atoms with Crippen molar-refractivity contribution in [3.63, 3.8) is 0 Å². The van der Waals surface area contributed by atoms with Gasteiger partial charge in [0.1, 0.15) is 5.82 Å². The predicted octanol–water partition coefficient (Wildman–Crippen LogP) is 1.88. The van der Waals surface area contributed by atoms with Gasteiger partial charge in [-0.3, -0.25) is 4.90 Å². The number of nitriles is 1. The van der Waals surface area contributed by atoms with Crippen molar-refractivity contribution in [3.8, 4) is 6.07 Å². The SMILES string of the molecule is CNCC1CCCN1Cc1cc(F)cc(C#N)c1.